The van der Waals surface area contributed by atoms with Crippen molar-refractivity contribution in [3.8, 4) is 0 Å². The number of nitrogens with two attached hydrogens (primary N) is 1. The predicted octanol–water partition coefficient (Wildman–Crippen LogP) is -0.718. The minimum absolute atomic E-state index is 0.0541. The number of nitrogens with zero attached hydrogens (tertiary/aromatic N) is 1. The van der Waals surface area contributed by atoms with Crippen molar-refractivity contribution in [3.05, 3.63) is 0 Å². The molecule has 0 aromatic rings. The average molecular weight is 230 g/mol. The van der Waals surface area contributed by atoms with Crippen LogP contribution in [0.3, 0.4) is 0 Å². The molecule has 1 aliphatic rings. The van der Waals surface area contributed by atoms with Gasteiger partial charge in [-0.25, -0.2) is 4.79 Å². The van der Waals surface area contributed by atoms with Crippen molar-refractivity contribution in [2.75, 3.05) is 20.2 Å². The number of hydrogen-bond donors (Lipinski definition) is 2. The van der Waals surface area contributed by atoms with Gasteiger partial charge in [-0.3, -0.25) is 4.79 Å². The molecular formula is C10H18N2O4. The van der Waals surface area contributed by atoms with Crippen LogP contribution in [0.1, 0.15) is 13.3 Å². The quantitative estimate of drug-likeness (QED) is 0.650. The lowest BCUT2D eigenvalue weighted by Gasteiger charge is -2.28. The zero-order valence-corrected chi connectivity index (χ0v) is 9.55. The molecule has 0 spiro atoms. The van der Waals surface area contributed by atoms with Gasteiger partial charge >= 0.3 is 5.97 Å². The zero-order valence-electron chi connectivity index (χ0n) is 9.55. The highest BCUT2D eigenvalue weighted by Crippen LogP contribution is 2.21. The lowest BCUT2D eigenvalue weighted by atomic mass is 10.1. The molecule has 16 heavy (non-hydrogen) atoms. The number of hydrogen-bond acceptors (Lipinski definition) is 4. The molecule has 1 saturated heterocycles. The van der Waals surface area contributed by atoms with E-state index < -0.39 is 18.1 Å². The summed E-state index contributed by atoms with van der Waals surface area (Å²) >= 11 is 0. The van der Waals surface area contributed by atoms with Crippen molar-refractivity contribution >= 4 is 11.9 Å². The second kappa shape index (κ2) is 5.27. The first-order chi connectivity index (χ1) is 7.51. The molecule has 1 rings (SSSR count). The highest BCUT2D eigenvalue weighted by atomic mass is 16.5. The van der Waals surface area contributed by atoms with Crippen LogP contribution in [0, 0.1) is 5.92 Å². The lowest BCUT2D eigenvalue weighted by Crippen LogP contribution is -2.49. The van der Waals surface area contributed by atoms with Gasteiger partial charge in [0.25, 0.3) is 0 Å². The third-order valence-corrected chi connectivity index (χ3v) is 2.98. The maximum atomic E-state index is 11.7. The van der Waals surface area contributed by atoms with Gasteiger partial charge in [-0.05, 0) is 19.4 Å². The van der Waals surface area contributed by atoms with Crippen molar-refractivity contribution in [2.24, 2.45) is 11.7 Å². The van der Waals surface area contributed by atoms with Crippen LogP contribution < -0.4 is 5.73 Å². The first-order valence-corrected chi connectivity index (χ1v) is 5.26. The number of carboxylic acids is 1. The predicted molar refractivity (Wildman–Crippen MR) is 56.8 cm³/mol. The number of amides is 1. The molecule has 0 bridgehead atoms. The molecule has 0 saturated carbocycles. The summed E-state index contributed by atoms with van der Waals surface area (Å²) in [6.45, 7) is 2.44. The van der Waals surface area contributed by atoms with Crippen LogP contribution in [-0.4, -0.2) is 54.2 Å². The molecular weight excluding hydrogens is 212 g/mol. The molecule has 1 amide bonds. The van der Waals surface area contributed by atoms with E-state index in [1.54, 1.807) is 6.92 Å². The van der Waals surface area contributed by atoms with Crippen LogP contribution in [0.15, 0.2) is 0 Å². The average Bonchev–Trinajstić information content (AvgIpc) is 2.59. The Hall–Kier alpha value is -1.14. The maximum Gasteiger partial charge on any atom is 0.329 e. The molecule has 1 unspecified atom stereocenters. The Kier molecular flexibility index (Phi) is 4.26. The summed E-state index contributed by atoms with van der Waals surface area (Å²) in [6, 6.07) is -0.922. The van der Waals surface area contributed by atoms with Gasteiger partial charge in [0.1, 0.15) is 0 Å². The van der Waals surface area contributed by atoms with E-state index in [-0.39, 0.29) is 11.8 Å². The number of aliphatic carboxylic acids is 1. The number of likely N-dealkylation sites (tertiary alicyclic amines) is 1. The van der Waals surface area contributed by atoms with Gasteiger partial charge in [-0.15, -0.1) is 0 Å². The standard InChI is InChI=1S/C10H18N2O4/c1-6(16-2)9(10(14)15)12-5-7(4-11)3-8(12)13/h6-7,9H,3-5,11H2,1-2H3,(H,14,15)/t6-,7?,9+/m1/s1. The first-order valence-electron chi connectivity index (χ1n) is 5.26. The van der Waals surface area contributed by atoms with Gasteiger partial charge in [-0.2, -0.15) is 0 Å². The van der Waals surface area contributed by atoms with Crippen molar-refractivity contribution in [1.82, 2.24) is 4.90 Å². The maximum absolute atomic E-state index is 11.7. The van der Waals surface area contributed by atoms with E-state index >= 15 is 0 Å². The number of carbonyl (C=O) groups is 2. The van der Waals surface area contributed by atoms with Gasteiger partial charge in [0.2, 0.25) is 5.91 Å². The first kappa shape index (κ1) is 12.9. The Morgan fingerprint density at radius 1 is 1.75 bits per heavy atom. The van der Waals surface area contributed by atoms with Gasteiger partial charge in [0.15, 0.2) is 6.04 Å². The Morgan fingerprint density at radius 3 is 2.75 bits per heavy atom. The highest BCUT2D eigenvalue weighted by Gasteiger charge is 2.40. The largest absolute Gasteiger partial charge is 0.480 e. The molecule has 92 valence electrons. The summed E-state index contributed by atoms with van der Waals surface area (Å²) in [5, 5.41) is 9.11. The fourth-order valence-electron chi connectivity index (χ4n) is 1.95. The summed E-state index contributed by atoms with van der Waals surface area (Å²) in [5.74, 6) is -1.15. The van der Waals surface area contributed by atoms with Crippen LogP contribution in [0.4, 0.5) is 0 Å². The van der Waals surface area contributed by atoms with E-state index in [9.17, 15) is 9.59 Å². The van der Waals surface area contributed by atoms with E-state index in [4.69, 9.17) is 15.6 Å². The van der Waals surface area contributed by atoms with E-state index in [1.807, 2.05) is 0 Å². The van der Waals surface area contributed by atoms with Crippen molar-refractivity contribution < 1.29 is 19.4 Å². The van der Waals surface area contributed by atoms with Crippen molar-refractivity contribution in [2.45, 2.75) is 25.5 Å². The summed E-state index contributed by atoms with van der Waals surface area (Å²) in [7, 11) is 1.43. The number of ether oxygens (including phenoxy) is 1. The summed E-state index contributed by atoms with van der Waals surface area (Å²) in [4.78, 5) is 24.1. The Balaban J connectivity index is 2.80. The van der Waals surface area contributed by atoms with E-state index in [0.717, 1.165) is 0 Å². The second-order valence-corrected chi connectivity index (χ2v) is 4.08. The SMILES string of the molecule is CO[C@H](C)[C@@H](C(=O)O)N1CC(CN)CC1=O. The highest BCUT2D eigenvalue weighted by molar-refractivity contribution is 5.85. The Bertz CT molecular complexity index is 282. The van der Waals surface area contributed by atoms with E-state index in [1.165, 1.54) is 12.0 Å². The van der Waals surface area contributed by atoms with E-state index in [0.29, 0.717) is 19.5 Å². The molecule has 0 radical (unpaired) electrons. The van der Waals surface area contributed by atoms with Gasteiger partial charge in [-0.1, -0.05) is 0 Å². The van der Waals surface area contributed by atoms with Gasteiger partial charge < -0.3 is 20.5 Å². The molecule has 6 heteroatoms. The lowest BCUT2D eigenvalue weighted by molar-refractivity contribution is -0.153. The minimum Gasteiger partial charge on any atom is -0.480 e. The van der Waals surface area contributed by atoms with Crippen molar-refractivity contribution in [1.29, 1.82) is 0 Å². The molecule has 3 atom stereocenters. The molecule has 1 heterocycles. The Labute approximate surface area is 94.3 Å². The molecule has 0 aromatic heterocycles. The van der Waals surface area contributed by atoms with Crippen LogP contribution in [0.5, 0.6) is 0 Å². The smallest absolute Gasteiger partial charge is 0.329 e. The summed E-state index contributed by atoms with van der Waals surface area (Å²) in [5.41, 5.74) is 5.49. The third-order valence-electron chi connectivity index (χ3n) is 2.98. The molecule has 0 aliphatic carbocycles. The molecule has 3 N–H and O–H groups in total. The number of rotatable bonds is 5. The zero-order chi connectivity index (χ0) is 12.3. The van der Waals surface area contributed by atoms with E-state index in [2.05, 4.69) is 0 Å². The number of carbonyl (C=O) groups excluding carboxylic acids is 1. The summed E-state index contributed by atoms with van der Waals surface area (Å²) < 4.78 is 5.00. The molecule has 6 nitrogen and oxygen atoms in total. The van der Waals surface area contributed by atoms with Crippen LogP contribution >= 0.6 is 0 Å². The van der Waals surface area contributed by atoms with Crippen LogP contribution in [-0.2, 0) is 14.3 Å². The fourth-order valence-corrected chi connectivity index (χ4v) is 1.95. The minimum atomic E-state index is -1.04. The topological polar surface area (TPSA) is 92.9 Å². The molecule has 1 fully saturated rings. The normalized spacial score (nSPS) is 24.6. The van der Waals surface area contributed by atoms with Gasteiger partial charge in [0, 0.05) is 20.1 Å². The third kappa shape index (κ3) is 2.51. The second-order valence-electron chi connectivity index (χ2n) is 4.08. The molecule has 1 aliphatic heterocycles. The molecule has 0 aromatic carbocycles. The summed E-state index contributed by atoms with van der Waals surface area (Å²) in [6.07, 6.45) is -0.200. The van der Waals surface area contributed by atoms with Crippen LogP contribution in [0.2, 0.25) is 0 Å². The van der Waals surface area contributed by atoms with Crippen LogP contribution in [0.25, 0.3) is 0 Å². The van der Waals surface area contributed by atoms with Gasteiger partial charge in [0.05, 0.1) is 6.10 Å². The number of carboxylic acid groups (broad SMARTS) is 1. The monoisotopic (exact) mass is 230 g/mol. The Morgan fingerprint density at radius 2 is 2.38 bits per heavy atom. The number of methoxy groups -OCH3 is 1. The van der Waals surface area contributed by atoms with Crippen molar-refractivity contribution in [3.63, 3.8) is 0 Å². The fraction of sp³-hybridized carbons (Fsp3) is 0.800.